The van der Waals surface area contributed by atoms with Crippen molar-refractivity contribution in [3.63, 3.8) is 0 Å². The van der Waals surface area contributed by atoms with Crippen molar-refractivity contribution in [3.8, 4) is 5.75 Å². The van der Waals surface area contributed by atoms with Crippen LogP contribution in [-0.2, 0) is 32.5 Å². The number of halogens is 3. The van der Waals surface area contributed by atoms with E-state index in [2.05, 4.69) is 35.6 Å². The van der Waals surface area contributed by atoms with E-state index in [1.807, 2.05) is 44.2 Å². The number of nitrogens with two attached hydrogens (primary N) is 1. The van der Waals surface area contributed by atoms with Crippen LogP contribution in [0.3, 0.4) is 0 Å². The molecule has 4 aromatic carbocycles. The lowest BCUT2D eigenvalue weighted by molar-refractivity contribution is -0.192. The number of hydrogen-bond donors (Lipinski definition) is 4. The number of aryl methyl sites for hydroxylation is 2. The van der Waals surface area contributed by atoms with Crippen LogP contribution in [0.15, 0.2) is 72.8 Å². The number of nitrogens with zero attached hydrogens (tertiary/aromatic N) is 1. The van der Waals surface area contributed by atoms with Crippen molar-refractivity contribution in [2.45, 2.75) is 51.4 Å². The summed E-state index contributed by atoms with van der Waals surface area (Å²) in [6.45, 7) is 4.05. The topological polar surface area (TPSA) is 150 Å². The molecule has 0 saturated carbocycles. The van der Waals surface area contributed by atoms with Crippen LogP contribution in [0.25, 0.3) is 10.8 Å². The number of nitrogens with one attached hydrogen (secondary N) is 1. The quantitative estimate of drug-likeness (QED) is 0.209. The zero-order valence-corrected chi connectivity index (χ0v) is 26.8. The van der Waals surface area contributed by atoms with E-state index in [0.717, 1.165) is 33.4 Å². The fraction of sp³-hybridized carbons (Fsp3) is 0.294. The minimum Gasteiger partial charge on any atom is -0.508 e. The minimum atomic E-state index is -5.08. The Morgan fingerprint density at radius 2 is 1.55 bits per heavy atom. The number of phenolic OH excluding ortho intramolecular Hbond substituents is 1. The van der Waals surface area contributed by atoms with Gasteiger partial charge in [-0.25, -0.2) is 13.2 Å². The van der Waals surface area contributed by atoms with Crippen LogP contribution in [0.4, 0.5) is 18.9 Å². The Labute approximate surface area is 270 Å². The number of aliphatic carboxylic acids is 1. The summed E-state index contributed by atoms with van der Waals surface area (Å²) in [5.74, 6) is -2.87. The number of carboxylic acids is 1. The number of carbonyl (C=O) groups is 2. The van der Waals surface area contributed by atoms with Crippen molar-refractivity contribution in [2.75, 3.05) is 17.1 Å². The van der Waals surface area contributed by atoms with Gasteiger partial charge in [0.15, 0.2) is 0 Å². The molecule has 0 radical (unpaired) electrons. The Bertz CT molecular complexity index is 1890. The van der Waals surface area contributed by atoms with Gasteiger partial charge in [-0.2, -0.15) is 13.2 Å². The number of carboxylic acid groups (broad SMARTS) is 1. The number of rotatable bonds is 7. The van der Waals surface area contributed by atoms with Crippen LogP contribution in [0.2, 0.25) is 0 Å². The summed E-state index contributed by atoms with van der Waals surface area (Å²) in [5, 5.41) is 22.4. The average molecular weight is 672 g/mol. The lowest BCUT2D eigenvalue weighted by Gasteiger charge is -2.35. The number of alkyl halides is 3. The summed E-state index contributed by atoms with van der Waals surface area (Å²) in [5.41, 5.74) is 12.6. The molecule has 1 aliphatic heterocycles. The predicted molar refractivity (Wildman–Crippen MR) is 174 cm³/mol. The van der Waals surface area contributed by atoms with Crippen LogP contribution in [0.5, 0.6) is 5.75 Å². The highest BCUT2D eigenvalue weighted by Crippen LogP contribution is 2.37. The third kappa shape index (κ3) is 8.80. The Hall–Kier alpha value is -4.62. The first-order chi connectivity index (χ1) is 21.9. The summed E-state index contributed by atoms with van der Waals surface area (Å²) < 4.78 is 58.3. The van der Waals surface area contributed by atoms with Crippen LogP contribution < -0.4 is 15.4 Å². The molecule has 0 unspecified atom stereocenters. The molecule has 4 aromatic rings. The van der Waals surface area contributed by atoms with Crippen molar-refractivity contribution in [1.29, 1.82) is 0 Å². The second-order valence-corrected chi connectivity index (χ2v) is 13.5. The first-order valence-corrected chi connectivity index (χ1v) is 16.5. The molecular weight excluding hydrogens is 635 g/mol. The fourth-order valence-corrected chi connectivity index (χ4v) is 6.67. The van der Waals surface area contributed by atoms with Gasteiger partial charge in [-0.05, 0) is 95.5 Å². The molecule has 13 heteroatoms. The maximum absolute atomic E-state index is 13.3. The van der Waals surface area contributed by atoms with Crippen LogP contribution in [0, 0.1) is 13.8 Å². The molecule has 5 N–H and O–H groups in total. The lowest BCUT2D eigenvalue weighted by Crippen LogP contribution is -2.46. The number of phenols is 1. The smallest absolute Gasteiger partial charge is 0.490 e. The van der Waals surface area contributed by atoms with E-state index >= 15 is 0 Å². The van der Waals surface area contributed by atoms with Crippen molar-refractivity contribution in [2.24, 2.45) is 5.73 Å². The van der Waals surface area contributed by atoms with E-state index in [4.69, 9.17) is 15.6 Å². The maximum atomic E-state index is 13.3. The van der Waals surface area contributed by atoms with Crippen molar-refractivity contribution in [3.05, 3.63) is 106 Å². The number of amides is 1. The van der Waals surface area contributed by atoms with Gasteiger partial charge in [0.25, 0.3) is 0 Å². The summed E-state index contributed by atoms with van der Waals surface area (Å²) >= 11 is 0. The number of fused-ring (bicyclic) bond motifs is 2. The zero-order valence-electron chi connectivity index (χ0n) is 26.0. The highest BCUT2D eigenvalue weighted by molar-refractivity contribution is 7.92. The number of anilines is 1. The second kappa shape index (κ2) is 14.0. The summed E-state index contributed by atoms with van der Waals surface area (Å²) in [6.07, 6.45) is -2.43. The molecule has 0 aromatic heterocycles. The monoisotopic (exact) mass is 671 g/mol. The molecule has 47 heavy (non-hydrogen) atoms. The van der Waals surface area contributed by atoms with Crippen molar-refractivity contribution < 1.29 is 41.4 Å². The molecule has 1 aliphatic rings. The minimum absolute atomic E-state index is 0.186. The molecule has 9 nitrogen and oxygen atoms in total. The van der Waals surface area contributed by atoms with Gasteiger partial charge in [0, 0.05) is 6.54 Å². The van der Waals surface area contributed by atoms with E-state index in [0.29, 0.717) is 24.9 Å². The van der Waals surface area contributed by atoms with E-state index in [1.165, 1.54) is 21.3 Å². The average Bonchev–Trinajstić information content (AvgIpc) is 2.98. The first-order valence-electron chi connectivity index (χ1n) is 14.7. The van der Waals surface area contributed by atoms with Gasteiger partial charge in [0.1, 0.15) is 5.75 Å². The van der Waals surface area contributed by atoms with Crippen molar-refractivity contribution in [1.82, 2.24) is 5.32 Å². The molecule has 0 bridgehead atoms. The van der Waals surface area contributed by atoms with E-state index in [1.54, 1.807) is 12.1 Å². The summed E-state index contributed by atoms with van der Waals surface area (Å²) in [7, 11) is -3.48. The van der Waals surface area contributed by atoms with Crippen molar-refractivity contribution >= 4 is 38.4 Å². The Balaban J connectivity index is 0.000000644. The van der Waals surface area contributed by atoms with Crippen LogP contribution in [-0.4, -0.2) is 55.5 Å². The van der Waals surface area contributed by atoms with Crippen LogP contribution >= 0.6 is 0 Å². The van der Waals surface area contributed by atoms with Crippen LogP contribution in [0.1, 0.15) is 45.8 Å². The standard InChI is InChI=1S/C32H35N3O4S.C2HF3O2/c1-20-14-26(36)15-21(2)27(20)19-29(33)32(37)34-30-12-13-35(40(3,38)39)31-11-9-23(18-28(30)31)16-22-8-10-24-6-4-5-7-25(24)17-22;3-2(4,5)1(6)7/h4-11,14-15,17-18,29-30,36H,12-13,16,19,33H2,1-3H3,(H,34,37);(H,6,7)/t29-,30+;/m0./s1. The number of aromatic hydroxyl groups is 1. The third-order valence-electron chi connectivity index (χ3n) is 7.98. The molecule has 0 aliphatic carbocycles. The van der Waals surface area contributed by atoms with Gasteiger partial charge < -0.3 is 21.3 Å². The van der Waals surface area contributed by atoms with Gasteiger partial charge in [-0.3, -0.25) is 9.10 Å². The van der Waals surface area contributed by atoms with Gasteiger partial charge in [-0.15, -0.1) is 0 Å². The number of sulfonamides is 1. The predicted octanol–water partition coefficient (Wildman–Crippen LogP) is 5.28. The largest absolute Gasteiger partial charge is 0.508 e. The summed E-state index contributed by atoms with van der Waals surface area (Å²) in [6, 6.07) is 22.6. The number of carbonyl (C=O) groups excluding carboxylic acids is 1. The molecule has 1 heterocycles. The lowest BCUT2D eigenvalue weighted by atomic mass is 9.92. The highest BCUT2D eigenvalue weighted by Gasteiger charge is 2.38. The highest BCUT2D eigenvalue weighted by atomic mass is 32.2. The van der Waals surface area contributed by atoms with Gasteiger partial charge in [-0.1, -0.05) is 54.6 Å². The normalized spacial score (nSPS) is 15.3. The Kier molecular flexibility index (Phi) is 10.5. The van der Waals surface area contributed by atoms with E-state index in [9.17, 15) is 31.5 Å². The first kappa shape index (κ1) is 35.2. The fourth-order valence-electron chi connectivity index (χ4n) is 5.71. The molecular formula is C34H36F3N3O6S. The molecule has 0 fully saturated rings. The molecule has 0 saturated heterocycles. The number of benzene rings is 4. The SMILES string of the molecule is Cc1cc(O)cc(C)c1C[C@H](N)C(=O)N[C@@H]1CCN(S(C)(=O)=O)c2ccc(Cc3ccc4ccccc4c3)cc21.O=C(O)C(F)(F)F. The molecule has 0 spiro atoms. The molecule has 5 rings (SSSR count). The molecule has 2 atom stereocenters. The van der Waals surface area contributed by atoms with E-state index < -0.39 is 28.2 Å². The summed E-state index contributed by atoms with van der Waals surface area (Å²) in [4.78, 5) is 22.2. The molecule has 1 amide bonds. The third-order valence-corrected chi connectivity index (χ3v) is 9.16. The molecule has 250 valence electrons. The van der Waals surface area contributed by atoms with Gasteiger partial charge >= 0.3 is 12.1 Å². The Morgan fingerprint density at radius 1 is 0.979 bits per heavy atom. The van der Waals surface area contributed by atoms with Gasteiger partial charge in [0.05, 0.1) is 24.0 Å². The number of hydrogen-bond acceptors (Lipinski definition) is 6. The maximum Gasteiger partial charge on any atom is 0.490 e. The zero-order chi connectivity index (χ0) is 34.7. The van der Waals surface area contributed by atoms with E-state index in [-0.39, 0.29) is 24.2 Å². The van der Waals surface area contributed by atoms with Gasteiger partial charge in [0.2, 0.25) is 15.9 Å². The second-order valence-electron chi connectivity index (χ2n) is 11.6. The Morgan fingerprint density at radius 3 is 2.15 bits per heavy atom.